The highest BCUT2D eigenvalue weighted by molar-refractivity contribution is 5.73. The van der Waals surface area contributed by atoms with Gasteiger partial charge < -0.3 is 79.1 Å². The van der Waals surface area contributed by atoms with Crippen molar-refractivity contribution in [2.24, 2.45) is 40.9 Å². The van der Waals surface area contributed by atoms with Crippen molar-refractivity contribution in [2.75, 3.05) is 34.8 Å². The minimum Gasteiger partial charge on any atom is -0.459 e. The minimum absolute atomic E-state index is 0.133. The second-order valence-electron chi connectivity index (χ2n) is 28.5. The maximum absolute atomic E-state index is 14.2. The van der Waals surface area contributed by atoms with E-state index < -0.39 is 114 Å². The van der Waals surface area contributed by atoms with Crippen LogP contribution in [-0.4, -0.2) is 200 Å². The number of rotatable bonds is 13. The first-order chi connectivity index (χ1) is 37.9. The lowest BCUT2D eigenvalue weighted by atomic mass is 9.60. The van der Waals surface area contributed by atoms with Crippen molar-refractivity contribution < 1.29 is 74.1 Å². The van der Waals surface area contributed by atoms with Gasteiger partial charge in [-0.2, -0.15) is 0 Å². The van der Waals surface area contributed by atoms with Crippen molar-refractivity contribution >= 4 is 5.97 Å². The van der Waals surface area contributed by atoms with E-state index in [9.17, 15) is 45.6 Å². The summed E-state index contributed by atoms with van der Waals surface area (Å²) < 4.78 is 37.5. The molecular weight excluding hydrogens is 1050 g/mol. The van der Waals surface area contributed by atoms with Crippen LogP contribution < -0.4 is 0 Å². The molecule has 3 aliphatic carbocycles. The topological polar surface area (TPSA) is 241 Å². The fourth-order valence-electron chi connectivity index (χ4n) is 15.5. The predicted octanol–water partition coefficient (Wildman–Crippen LogP) is 7.61. The van der Waals surface area contributed by atoms with E-state index in [4.69, 9.17) is 28.4 Å². The molecule has 0 aromatic heterocycles. The molecule has 0 bridgehead atoms. The van der Waals surface area contributed by atoms with Crippen molar-refractivity contribution in [3.8, 4) is 0 Å². The number of nitrogens with zero attached hydrogens (tertiary/aromatic N) is 2. The molecular formula is C65H116N2O15. The zero-order chi connectivity index (χ0) is 61.8. The highest BCUT2D eigenvalue weighted by Crippen LogP contribution is 2.60. The predicted molar refractivity (Wildman–Crippen MR) is 318 cm³/mol. The monoisotopic (exact) mass is 1160 g/mol. The zero-order valence-corrected chi connectivity index (χ0v) is 53.8. The number of carbonyl (C=O) groups is 1. The number of cyclic esters (lactones) is 1. The van der Waals surface area contributed by atoms with Gasteiger partial charge in [-0.05, 0) is 188 Å². The van der Waals surface area contributed by atoms with E-state index >= 15 is 0 Å². The van der Waals surface area contributed by atoms with E-state index in [1.165, 1.54) is 52.6 Å². The Morgan fingerprint density at radius 2 is 1.59 bits per heavy atom. The molecule has 6 aliphatic rings. The van der Waals surface area contributed by atoms with Crippen LogP contribution in [0.3, 0.4) is 0 Å². The summed E-state index contributed by atoms with van der Waals surface area (Å²) in [5.41, 5.74) is -1.21. The van der Waals surface area contributed by atoms with Gasteiger partial charge >= 0.3 is 5.97 Å². The molecule has 3 saturated carbocycles. The molecule has 8 N–H and O–H groups in total. The van der Waals surface area contributed by atoms with Crippen LogP contribution in [0.25, 0.3) is 0 Å². The van der Waals surface area contributed by atoms with Crippen molar-refractivity contribution in [3.63, 3.8) is 0 Å². The number of allylic oxidation sites excluding steroid dienone is 3. The molecule has 3 heterocycles. The van der Waals surface area contributed by atoms with Crippen LogP contribution in [0.2, 0.25) is 0 Å². The molecule has 476 valence electrons. The fraction of sp³-hybridized carbons (Fsp3) is 0.892. The van der Waals surface area contributed by atoms with Gasteiger partial charge in [0.15, 0.2) is 12.6 Å². The van der Waals surface area contributed by atoms with Crippen molar-refractivity contribution in [1.82, 2.24) is 9.80 Å². The Labute approximate surface area is 494 Å². The molecule has 82 heavy (non-hydrogen) atoms. The summed E-state index contributed by atoms with van der Waals surface area (Å²) in [6, 6.07) is -0.808. The maximum Gasteiger partial charge on any atom is 0.311 e. The number of fused-ring (bicyclic) bond motifs is 1. The van der Waals surface area contributed by atoms with E-state index in [0.717, 1.165) is 29.9 Å². The number of carbonyl (C=O) groups excluding carboxylic acids is 1. The first kappa shape index (κ1) is 70.8. The van der Waals surface area contributed by atoms with Gasteiger partial charge in [0, 0.05) is 44.5 Å². The van der Waals surface area contributed by atoms with Crippen LogP contribution in [0.4, 0.5) is 0 Å². The SMILES string of the molecule is C=C1/C(=C\C=C2/CCC[C@]3(C)[C@@H]([C@H](C)CCCC(C)(C)O)CC[C@@H]23)C[C@@H](O)C[C@@H]1O.CC[C@H]1OC(=O)[C@H](C)[C@@H](OC2CC(C)(OC)C(O)C(C)O2)[C@H](C)[C@@H](OC2OC(C)CC(N(C)C)C2O)[C@](C)(O)C[C@@H](C)CN(C)[C@H](C)[C@@H](O)[C@]1(C)O. The molecule has 6 rings (SSSR count). The maximum atomic E-state index is 14.2. The molecule has 3 saturated heterocycles. The Morgan fingerprint density at radius 3 is 2.20 bits per heavy atom. The second kappa shape index (κ2) is 28.9. The number of hydrogen-bond donors (Lipinski definition) is 8. The summed E-state index contributed by atoms with van der Waals surface area (Å²) in [6.07, 6.45) is 5.67. The lowest BCUT2D eigenvalue weighted by Crippen LogP contribution is -2.60. The third kappa shape index (κ3) is 17.0. The zero-order valence-electron chi connectivity index (χ0n) is 53.8. The standard InChI is InChI=1S/C38H72N2O12.C27H44O3/c1-15-27-38(10,46)31(42)24(6)40(13)19-20(2)17-36(8,45)33(52-35-29(41)26(39(11)12)16-21(3)48-35)22(4)30(23(5)34(44)50-27)51-28-18-37(9,47-14)32(43)25(7)49-28;1-18(8-6-14-26(3,4)30)23-12-13-24-20(9-7-15-27(23,24)5)10-11-21-16-22(28)17-25(29)19(21)2/h20-33,35,41-43,45-46H,15-19H2,1-14H3;10-11,18,22-25,28-30H,2,6-9,12-17H2,1,3-5H3/b;20-10+,21-11-/t20-,21?,22+,23-,24-,25?,26?,27-,28?,29?,30+,31-,32?,33-,35?,36-,37?,38-;18-,22-,23-,24+,25+,27-/m11/s1. The lowest BCUT2D eigenvalue weighted by Gasteiger charge is -2.48. The van der Waals surface area contributed by atoms with Crippen molar-refractivity contribution in [1.29, 1.82) is 0 Å². The molecule has 24 atom stereocenters. The summed E-state index contributed by atoms with van der Waals surface area (Å²) in [5, 5.41) is 88.3. The van der Waals surface area contributed by atoms with Crippen LogP contribution in [0.1, 0.15) is 187 Å². The number of likely N-dealkylation sites (N-methyl/N-ethyl adjacent to an activating group) is 2. The highest BCUT2D eigenvalue weighted by Gasteiger charge is 2.54. The van der Waals surface area contributed by atoms with Gasteiger partial charge in [0.05, 0.1) is 59.3 Å². The van der Waals surface area contributed by atoms with E-state index in [2.05, 4.69) is 32.6 Å². The summed E-state index contributed by atoms with van der Waals surface area (Å²) in [7, 11) is 7.12. The molecule has 0 aromatic carbocycles. The molecule has 0 spiro atoms. The van der Waals surface area contributed by atoms with Crippen LogP contribution in [0.5, 0.6) is 0 Å². The molecule has 6 fully saturated rings. The minimum atomic E-state index is -1.80. The van der Waals surface area contributed by atoms with Crippen LogP contribution in [0, 0.1) is 40.9 Å². The fourth-order valence-corrected chi connectivity index (χ4v) is 15.5. The molecule has 0 aromatic rings. The Morgan fingerprint density at radius 1 is 0.927 bits per heavy atom. The Kier molecular flexibility index (Phi) is 25.0. The first-order valence-corrected chi connectivity index (χ1v) is 31.3. The number of aliphatic hydroxyl groups excluding tert-OH is 5. The third-order valence-corrected chi connectivity index (χ3v) is 20.6. The number of methoxy groups -OCH3 is 1. The van der Waals surface area contributed by atoms with Gasteiger partial charge in [0.25, 0.3) is 0 Å². The number of aliphatic hydroxyl groups is 8. The van der Waals surface area contributed by atoms with Crippen LogP contribution in [-0.2, 0) is 33.2 Å². The average molecular weight is 1170 g/mol. The normalized spacial score (nSPS) is 45.7. The van der Waals surface area contributed by atoms with Crippen molar-refractivity contribution in [3.05, 3.63) is 35.5 Å². The largest absolute Gasteiger partial charge is 0.459 e. The summed E-state index contributed by atoms with van der Waals surface area (Å²) in [4.78, 5) is 18.0. The van der Waals surface area contributed by atoms with Crippen LogP contribution >= 0.6 is 0 Å². The lowest BCUT2D eigenvalue weighted by molar-refractivity contribution is -0.318. The summed E-state index contributed by atoms with van der Waals surface area (Å²) in [5.74, 6) is -0.479. The average Bonchev–Trinajstić information content (AvgIpc) is 3.91. The smallest absolute Gasteiger partial charge is 0.311 e. The van der Waals surface area contributed by atoms with Gasteiger partial charge in [-0.25, -0.2) is 0 Å². The molecule has 3 aliphatic heterocycles. The number of hydrogen-bond acceptors (Lipinski definition) is 17. The molecule has 0 amide bonds. The Bertz CT molecular complexity index is 2110. The number of ether oxygens (including phenoxy) is 6. The molecule has 8 unspecified atom stereocenters. The highest BCUT2D eigenvalue weighted by atomic mass is 16.7. The second-order valence-corrected chi connectivity index (χ2v) is 28.5. The van der Waals surface area contributed by atoms with Gasteiger partial charge in [0.2, 0.25) is 0 Å². The molecule has 17 nitrogen and oxygen atoms in total. The molecule has 17 heteroatoms. The van der Waals surface area contributed by atoms with Crippen molar-refractivity contribution in [2.45, 2.75) is 295 Å². The summed E-state index contributed by atoms with van der Waals surface area (Å²) >= 11 is 0. The van der Waals surface area contributed by atoms with Crippen LogP contribution in [0.15, 0.2) is 35.5 Å². The van der Waals surface area contributed by atoms with Gasteiger partial charge in [0.1, 0.15) is 30.0 Å². The third-order valence-electron chi connectivity index (χ3n) is 20.6. The Hall–Kier alpha value is -1.91. The van der Waals surface area contributed by atoms with E-state index in [-0.39, 0.29) is 37.3 Å². The molecule has 0 radical (unpaired) electrons. The van der Waals surface area contributed by atoms with Gasteiger partial charge in [-0.15, -0.1) is 0 Å². The first-order valence-electron chi connectivity index (χ1n) is 31.3. The van der Waals surface area contributed by atoms with E-state index in [1.54, 1.807) is 47.1 Å². The van der Waals surface area contributed by atoms with Gasteiger partial charge in [-0.1, -0.05) is 71.8 Å². The number of esters is 1. The Balaban J connectivity index is 0.000000346. The summed E-state index contributed by atoms with van der Waals surface area (Å²) in [6.45, 7) is 30.9. The quantitative estimate of drug-likeness (QED) is 0.0828. The van der Waals surface area contributed by atoms with E-state index in [0.29, 0.717) is 43.1 Å². The van der Waals surface area contributed by atoms with E-state index in [1.807, 2.05) is 65.6 Å². The van der Waals surface area contributed by atoms with Gasteiger partial charge in [-0.3, -0.25) is 4.79 Å².